The number of benzene rings is 2. The van der Waals surface area contributed by atoms with Crippen LogP contribution in [0.1, 0.15) is 25.0 Å². The Kier molecular flexibility index (Phi) is 4.71. The van der Waals surface area contributed by atoms with Crippen LogP contribution in [0.2, 0.25) is 0 Å². The summed E-state index contributed by atoms with van der Waals surface area (Å²) in [6, 6.07) is 14.4. The fourth-order valence-electron chi connectivity index (χ4n) is 2.84. The van der Waals surface area contributed by atoms with Gasteiger partial charge in [-0.25, -0.2) is 0 Å². The van der Waals surface area contributed by atoms with Gasteiger partial charge in [0, 0.05) is 39.2 Å². The quantitative estimate of drug-likeness (QED) is 0.580. The van der Waals surface area contributed by atoms with Gasteiger partial charge in [-0.3, -0.25) is 4.79 Å². The minimum atomic E-state index is -0.0326. The van der Waals surface area contributed by atoms with Gasteiger partial charge in [0.25, 0.3) is 5.91 Å². The number of halogens is 1. The molecule has 1 N–H and O–H groups in total. The van der Waals surface area contributed by atoms with Crippen LogP contribution >= 0.6 is 22.6 Å². The molecule has 1 aliphatic heterocycles. The Morgan fingerprint density at radius 1 is 1.09 bits per heavy atom. The molecule has 2 aromatic carbocycles. The fourth-order valence-corrected chi connectivity index (χ4v) is 3.33. The van der Waals surface area contributed by atoms with Crippen molar-refractivity contribution in [1.29, 1.82) is 0 Å². The molecule has 4 heteroatoms. The van der Waals surface area contributed by atoms with Crippen molar-refractivity contribution in [2.75, 3.05) is 23.3 Å². The van der Waals surface area contributed by atoms with Crippen molar-refractivity contribution < 1.29 is 4.79 Å². The van der Waals surface area contributed by atoms with Crippen molar-refractivity contribution in [3.8, 4) is 0 Å². The highest BCUT2D eigenvalue weighted by atomic mass is 127. The zero-order valence-corrected chi connectivity index (χ0v) is 15.4. The van der Waals surface area contributed by atoms with Crippen LogP contribution in [0.3, 0.4) is 0 Å². The molecule has 3 rings (SSSR count). The van der Waals surface area contributed by atoms with Gasteiger partial charge in [-0.2, -0.15) is 0 Å². The van der Waals surface area contributed by atoms with Gasteiger partial charge >= 0.3 is 0 Å². The Bertz CT molecular complexity index is 761. The topological polar surface area (TPSA) is 32.3 Å². The summed E-state index contributed by atoms with van der Waals surface area (Å²) in [6.45, 7) is 6.29. The highest BCUT2D eigenvalue weighted by molar-refractivity contribution is 14.1. The molecule has 0 saturated carbocycles. The lowest BCUT2D eigenvalue weighted by molar-refractivity contribution is -0.110. The highest BCUT2D eigenvalue weighted by Crippen LogP contribution is 2.34. The van der Waals surface area contributed by atoms with E-state index in [4.69, 9.17) is 0 Å². The number of amides is 1. The summed E-state index contributed by atoms with van der Waals surface area (Å²) in [7, 11) is 0. The third kappa shape index (κ3) is 3.27. The minimum Gasteiger partial charge on any atom is -0.372 e. The smallest absolute Gasteiger partial charge is 0.256 e. The van der Waals surface area contributed by atoms with Gasteiger partial charge in [0.2, 0.25) is 0 Å². The minimum absolute atomic E-state index is 0.0326. The molecule has 0 radical (unpaired) electrons. The summed E-state index contributed by atoms with van der Waals surface area (Å²) < 4.78 is 1.13. The molecule has 3 nitrogen and oxygen atoms in total. The summed E-state index contributed by atoms with van der Waals surface area (Å²) in [5, 5.41) is 2.92. The van der Waals surface area contributed by atoms with Gasteiger partial charge in [-0.05, 0) is 78.4 Å². The van der Waals surface area contributed by atoms with Gasteiger partial charge in [-0.1, -0.05) is 12.1 Å². The summed E-state index contributed by atoms with van der Waals surface area (Å²) in [6.07, 6.45) is 1.96. The van der Waals surface area contributed by atoms with E-state index >= 15 is 0 Å². The molecule has 0 fully saturated rings. The monoisotopic (exact) mass is 418 g/mol. The van der Waals surface area contributed by atoms with Crippen LogP contribution in [0, 0.1) is 3.57 Å². The molecule has 1 amide bonds. The summed E-state index contributed by atoms with van der Waals surface area (Å²) in [5.41, 5.74) is 4.85. The Morgan fingerprint density at radius 2 is 1.78 bits per heavy atom. The van der Waals surface area contributed by atoms with Crippen molar-refractivity contribution in [3.05, 3.63) is 57.2 Å². The summed E-state index contributed by atoms with van der Waals surface area (Å²) >= 11 is 2.27. The van der Waals surface area contributed by atoms with E-state index in [0.29, 0.717) is 0 Å². The number of nitrogens with one attached hydrogen (secondary N) is 1. The van der Waals surface area contributed by atoms with Crippen LogP contribution in [0.4, 0.5) is 11.4 Å². The third-order valence-corrected chi connectivity index (χ3v) is 4.77. The third-order valence-electron chi connectivity index (χ3n) is 4.10. The van der Waals surface area contributed by atoms with Crippen LogP contribution < -0.4 is 10.2 Å². The number of hydrogen-bond donors (Lipinski definition) is 1. The predicted molar refractivity (Wildman–Crippen MR) is 106 cm³/mol. The van der Waals surface area contributed by atoms with Crippen LogP contribution in [0.15, 0.2) is 42.5 Å². The lowest BCUT2D eigenvalue weighted by Crippen LogP contribution is -2.21. The van der Waals surface area contributed by atoms with E-state index in [1.807, 2.05) is 24.3 Å². The second-order valence-electron chi connectivity index (χ2n) is 5.47. The maximum atomic E-state index is 12.2. The first-order valence-corrected chi connectivity index (χ1v) is 8.88. The lowest BCUT2D eigenvalue weighted by atomic mass is 10.0. The molecule has 0 aromatic heterocycles. The van der Waals surface area contributed by atoms with Crippen molar-refractivity contribution in [2.45, 2.75) is 13.8 Å². The number of carbonyl (C=O) groups is 1. The van der Waals surface area contributed by atoms with Crippen LogP contribution in [0.5, 0.6) is 0 Å². The van der Waals surface area contributed by atoms with E-state index in [-0.39, 0.29) is 5.91 Å². The lowest BCUT2D eigenvalue weighted by Gasteiger charge is -2.20. The van der Waals surface area contributed by atoms with E-state index < -0.39 is 0 Å². The molecule has 1 aliphatic rings. The molecule has 118 valence electrons. The van der Waals surface area contributed by atoms with Crippen molar-refractivity contribution in [1.82, 2.24) is 0 Å². The van der Waals surface area contributed by atoms with Crippen molar-refractivity contribution >= 4 is 51.5 Å². The number of nitrogens with zero attached hydrogens (tertiary/aromatic N) is 1. The fraction of sp³-hybridized carbons (Fsp3) is 0.211. The van der Waals surface area contributed by atoms with E-state index in [0.717, 1.165) is 39.0 Å². The highest BCUT2D eigenvalue weighted by Gasteiger charge is 2.23. The molecule has 0 unspecified atom stereocenters. The standard InChI is InChI=1S/C19H19IN2O/c1-3-22(4-2)15-8-5-13(6-9-15)11-17-16-12-14(20)7-10-18(16)21-19(17)23/h5-12H,3-4H2,1-2H3,(H,21,23). The van der Waals surface area contributed by atoms with Crippen LogP contribution in [-0.4, -0.2) is 19.0 Å². The SMILES string of the molecule is CCN(CC)c1ccc(C=C2C(=O)Nc3ccc(I)cc32)cc1. The zero-order valence-electron chi connectivity index (χ0n) is 13.3. The van der Waals surface area contributed by atoms with E-state index in [1.54, 1.807) is 0 Å². The Balaban J connectivity index is 1.93. The van der Waals surface area contributed by atoms with E-state index in [9.17, 15) is 4.79 Å². The molecule has 1 heterocycles. The second-order valence-corrected chi connectivity index (χ2v) is 6.71. The van der Waals surface area contributed by atoms with Crippen LogP contribution in [0.25, 0.3) is 11.6 Å². The van der Waals surface area contributed by atoms with Crippen molar-refractivity contribution in [3.63, 3.8) is 0 Å². The number of hydrogen-bond acceptors (Lipinski definition) is 2. The first-order chi connectivity index (χ1) is 11.1. The van der Waals surface area contributed by atoms with E-state index in [2.05, 4.69) is 70.9 Å². The first kappa shape index (κ1) is 16.1. The Morgan fingerprint density at radius 3 is 2.43 bits per heavy atom. The van der Waals surface area contributed by atoms with Gasteiger partial charge in [0.05, 0.1) is 0 Å². The van der Waals surface area contributed by atoms with Crippen LogP contribution in [-0.2, 0) is 4.79 Å². The zero-order chi connectivity index (χ0) is 16.4. The number of fused-ring (bicyclic) bond motifs is 1. The molecule has 0 spiro atoms. The molecule has 0 bridgehead atoms. The molecular formula is C19H19IN2O. The maximum absolute atomic E-state index is 12.2. The molecule has 23 heavy (non-hydrogen) atoms. The molecule has 0 saturated heterocycles. The van der Waals surface area contributed by atoms with Gasteiger partial charge < -0.3 is 10.2 Å². The molecular weight excluding hydrogens is 399 g/mol. The van der Waals surface area contributed by atoms with Gasteiger partial charge in [-0.15, -0.1) is 0 Å². The second kappa shape index (κ2) is 6.74. The Hall–Kier alpha value is -1.82. The number of rotatable bonds is 4. The van der Waals surface area contributed by atoms with Gasteiger partial charge in [0.1, 0.15) is 0 Å². The predicted octanol–water partition coefficient (Wildman–Crippen LogP) is 4.63. The van der Waals surface area contributed by atoms with Crippen molar-refractivity contribution in [2.24, 2.45) is 0 Å². The molecule has 0 aliphatic carbocycles. The maximum Gasteiger partial charge on any atom is 0.256 e. The molecule has 0 atom stereocenters. The molecule has 2 aromatic rings. The average molecular weight is 418 g/mol. The first-order valence-electron chi connectivity index (χ1n) is 7.80. The normalized spacial score (nSPS) is 14.7. The Labute approximate surface area is 150 Å². The average Bonchev–Trinajstić information content (AvgIpc) is 2.86. The largest absolute Gasteiger partial charge is 0.372 e. The number of anilines is 2. The van der Waals surface area contributed by atoms with Gasteiger partial charge in [0.15, 0.2) is 0 Å². The summed E-state index contributed by atoms with van der Waals surface area (Å²) in [5.74, 6) is -0.0326. The number of carbonyl (C=O) groups excluding carboxylic acids is 1. The van der Waals surface area contributed by atoms with E-state index in [1.165, 1.54) is 5.69 Å². The summed E-state index contributed by atoms with van der Waals surface area (Å²) in [4.78, 5) is 14.5.